The number of rotatable bonds is 3. The second-order valence-electron chi connectivity index (χ2n) is 6.93. The predicted molar refractivity (Wildman–Crippen MR) is 78.7 cm³/mol. The summed E-state index contributed by atoms with van der Waals surface area (Å²) in [7, 11) is 0. The van der Waals surface area contributed by atoms with E-state index >= 15 is 0 Å². The highest BCUT2D eigenvalue weighted by atomic mass is 19.1. The molecule has 1 amide bonds. The minimum atomic E-state index is -0.751. The van der Waals surface area contributed by atoms with Gasteiger partial charge in [0.2, 0.25) is 5.91 Å². The van der Waals surface area contributed by atoms with E-state index in [-0.39, 0.29) is 17.1 Å². The van der Waals surface area contributed by atoms with Gasteiger partial charge in [-0.15, -0.1) is 0 Å². The van der Waals surface area contributed by atoms with Gasteiger partial charge in [-0.05, 0) is 54.9 Å². The molecule has 1 saturated carbocycles. The molecule has 110 valence electrons. The van der Waals surface area contributed by atoms with Crippen LogP contribution in [0, 0.1) is 17.2 Å². The van der Waals surface area contributed by atoms with Crippen molar-refractivity contribution in [2.45, 2.75) is 45.6 Å². The molecule has 1 fully saturated rings. The highest BCUT2D eigenvalue weighted by molar-refractivity contribution is 5.88. The number of benzene rings is 1. The van der Waals surface area contributed by atoms with Gasteiger partial charge in [0.15, 0.2) is 0 Å². The molecule has 1 aliphatic rings. The minimum absolute atomic E-state index is 0.0553. The molecule has 0 heterocycles. The zero-order chi connectivity index (χ0) is 15.0. The SMILES string of the molecule is CC1CC(C)(C)CC(Nc2ccc(F)cc2)(C(N)=O)C1. The number of nitrogens with two attached hydrogens (primary N) is 1. The summed E-state index contributed by atoms with van der Waals surface area (Å²) in [6.07, 6.45) is 2.48. The smallest absolute Gasteiger partial charge is 0.243 e. The molecule has 0 aromatic heterocycles. The van der Waals surface area contributed by atoms with Crippen LogP contribution in [-0.4, -0.2) is 11.4 Å². The van der Waals surface area contributed by atoms with Crippen molar-refractivity contribution in [1.29, 1.82) is 0 Å². The van der Waals surface area contributed by atoms with Crippen molar-refractivity contribution < 1.29 is 9.18 Å². The first-order valence-electron chi connectivity index (χ1n) is 7.06. The van der Waals surface area contributed by atoms with Crippen molar-refractivity contribution in [3.63, 3.8) is 0 Å². The zero-order valence-electron chi connectivity index (χ0n) is 12.4. The first-order chi connectivity index (χ1) is 9.22. The zero-order valence-corrected chi connectivity index (χ0v) is 12.4. The fourth-order valence-electron chi connectivity index (χ4n) is 3.73. The van der Waals surface area contributed by atoms with Crippen molar-refractivity contribution in [2.24, 2.45) is 17.1 Å². The van der Waals surface area contributed by atoms with Crippen LogP contribution in [0.1, 0.15) is 40.0 Å². The molecule has 1 aliphatic carbocycles. The highest BCUT2D eigenvalue weighted by Gasteiger charge is 2.46. The summed E-state index contributed by atoms with van der Waals surface area (Å²) in [6.45, 7) is 6.46. The summed E-state index contributed by atoms with van der Waals surface area (Å²) in [5.41, 5.74) is 5.72. The Morgan fingerprint density at radius 1 is 1.30 bits per heavy atom. The molecule has 3 nitrogen and oxygen atoms in total. The third-order valence-corrected chi connectivity index (χ3v) is 4.08. The van der Waals surface area contributed by atoms with Gasteiger partial charge in [-0.2, -0.15) is 0 Å². The summed E-state index contributed by atoms with van der Waals surface area (Å²) in [6, 6.07) is 6.06. The van der Waals surface area contributed by atoms with Gasteiger partial charge in [-0.3, -0.25) is 4.79 Å². The first-order valence-corrected chi connectivity index (χ1v) is 7.06. The molecule has 4 heteroatoms. The van der Waals surface area contributed by atoms with Crippen molar-refractivity contribution in [2.75, 3.05) is 5.32 Å². The second kappa shape index (κ2) is 5.08. The predicted octanol–water partition coefficient (Wildman–Crippen LogP) is 3.31. The number of nitrogens with one attached hydrogen (secondary N) is 1. The molecule has 20 heavy (non-hydrogen) atoms. The van der Waals surface area contributed by atoms with E-state index < -0.39 is 5.54 Å². The van der Waals surface area contributed by atoms with Gasteiger partial charge in [0, 0.05) is 5.69 Å². The molecule has 1 aromatic rings. The van der Waals surface area contributed by atoms with Crippen LogP contribution >= 0.6 is 0 Å². The Morgan fingerprint density at radius 2 is 1.90 bits per heavy atom. The normalized spacial score (nSPS) is 28.9. The quantitative estimate of drug-likeness (QED) is 0.891. The summed E-state index contributed by atoms with van der Waals surface area (Å²) in [5, 5.41) is 3.27. The fraction of sp³-hybridized carbons (Fsp3) is 0.562. The molecule has 2 atom stereocenters. The number of carbonyl (C=O) groups excluding carboxylic acids is 1. The molecule has 1 aromatic carbocycles. The van der Waals surface area contributed by atoms with E-state index in [4.69, 9.17) is 5.73 Å². The van der Waals surface area contributed by atoms with E-state index in [0.717, 1.165) is 12.1 Å². The van der Waals surface area contributed by atoms with E-state index in [2.05, 4.69) is 26.1 Å². The van der Waals surface area contributed by atoms with E-state index in [1.165, 1.54) is 12.1 Å². The lowest BCUT2D eigenvalue weighted by atomic mass is 9.64. The number of halogens is 1. The number of amides is 1. The van der Waals surface area contributed by atoms with Crippen LogP contribution in [0.4, 0.5) is 10.1 Å². The highest BCUT2D eigenvalue weighted by Crippen LogP contribution is 2.45. The lowest BCUT2D eigenvalue weighted by Gasteiger charge is -2.46. The Balaban J connectivity index is 2.30. The topological polar surface area (TPSA) is 55.1 Å². The van der Waals surface area contributed by atoms with E-state index in [1.54, 1.807) is 12.1 Å². The lowest BCUT2D eigenvalue weighted by Crippen LogP contribution is -2.56. The Hall–Kier alpha value is -1.58. The van der Waals surface area contributed by atoms with Gasteiger partial charge in [-0.25, -0.2) is 4.39 Å². The molecule has 0 spiro atoms. The van der Waals surface area contributed by atoms with Crippen LogP contribution in [0.2, 0.25) is 0 Å². The van der Waals surface area contributed by atoms with Gasteiger partial charge in [0.05, 0.1) is 0 Å². The lowest BCUT2D eigenvalue weighted by molar-refractivity contribution is -0.125. The maximum atomic E-state index is 13.0. The van der Waals surface area contributed by atoms with Gasteiger partial charge >= 0.3 is 0 Å². The van der Waals surface area contributed by atoms with Gasteiger partial charge < -0.3 is 11.1 Å². The Morgan fingerprint density at radius 3 is 2.40 bits per heavy atom. The maximum Gasteiger partial charge on any atom is 0.243 e. The summed E-state index contributed by atoms with van der Waals surface area (Å²) in [4.78, 5) is 12.1. The number of anilines is 1. The molecular formula is C16H23FN2O. The Bertz CT molecular complexity index is 498. The number of carbonyl (C=O) groups is 1. The van der Waals surface area contributed by atoms with Crippen LogP contribution < -0.4 is 11.1 Å². The molecule has 0 aliphatic heterocycles. The number of hydrogen-bond donors (Lipinski definition) is 2. The molecule has 0 radical (unpaired) electrons. The largest absolute Gasteiger partial charge is 0.371 e. The van der Waals surface area contributed by atoms with Crippen molar-refractivity contribution >= 4 is 11.6 Å². The number of hydrogen-bond acceptors (Lipinski definition) is 2. The molecule has 0 bridgehead atoms. The molecular weight excluding hydrogens is 255 g/mol. The standard InChI is InChI=1S/C16H23FN2O/c1-11-8-15(2,3)10-16(9-11,14(18)20)19-13-6-4-12(17)5-7-13/h4-7,11,19H,8-10H2,1-3H3,(H2,18,20). The minimum Gasteiger partial charge on any atom is -0.371 e. The maximum absolute atomic E-state index is 13.0. The number of primary amides is 1. The van der Waals surface area contributed by atoms with Gasteiger partial charge in [0.25, 0.3) is 0 Å². The molecule has 2 unspecified atom stereocenters. The summed E-state index contributed by atoms with van der Waals surface area (Å²) < 4.78 is 13.0. The van der Waals surface area contributed by atoms with E-state index in [1.807, 2.05) is 0 Å². The fourth-order valence-corrected chi connectivity index (χ4v) is 3.73. The van der Waals surface area contributed by atoms with Crippen LogP contribution in [0.25, 0.3) is 0 Å². The van der Waals surface area contributed by atoms with Crippen LogP contribution in [-0.2, 0) is 4.79 Å². The Kier molecular flexibility index (Phi) is 3.76. The average molecular weight is 278 g/mol. The third-order valence-electron chi connectivity index (χ3n) is 4.08. The van der Waals surface area contributed by atoms with Crippen LogP contribution in [0.3, 0.4) is 0 Å². The summed E-state index contributed by atoms with van der Waals surface area (Å²) in [5.74, 6) is -0.207. The average Bonchev–Trinajstić information content (AvgIpc) is 2.29. The molecule has 3 N–H and O–H groups in total. The first kappa shape index (κ1) is 14.8. The van der Waals surface area contributed by atoms with Crippen molar-refractivity contribution in [3.8, 4) is 0 Å². The molecule has 0 saturated heterocycles. The van der Waals surface area contributed by atoms with E-state index in [0.29, 0.717) is 18.8 Å². The van der Waals surface area contributed by atoms with Crippen LogP contribution in [0.5, 0.6) is 0 Å². The Labute approximate surface area is 119 Å². The second-order valence-corrected chi connectivity index (χ2v) is 6.93. The summed E-state index contributed by atoms with van der Waals surface area (Å²) >= 11 is 0. The van der Waals surface area contributed by atoms with Crippen molar-refractivity contribution in [1.82, 2.24) is 0 Å². The van der Waals surface area contributed by atoms with Gasteiger partial charge in [-0.1, -0.05) is 20.8 Å². The monoisotopic (exact) mass is 278 g/mol. The van der Waals surface area contributed by atoms with Crippen molar-refractivity contribution in [3.05, 3.63) is 30.1 Å². The third kappa shape index (κ3) is 3.11. The van der Waals surface area contributed by atoms with Gasteiger partial charge in [0.1, 0.15) is 11.4 Å². The molecule has 2 rings (SSSR count). The van der Waals surface area contributed by atoms with Crippen LogP contribution in [0.15, 0.2) is 24.3 Å². The van der Waals surface area contributed by atoms with E-state index in [9.17, 15) is 9.18 Å².